The molecule has 1 rings (SSSR count). The molecule has 0 aliphatic carbocycles. The maximum Gasteiger partial charge on any atom is 0.221 e. The average molecular weight is 239 g/mol. The lowest BCUT2D eigenvalue weighted by Gasteiger charge is -2.07. The fourth-order valence-corrected chi connectivity index (χ4v) is 1.44. The van der Waals surface area contributed by atoms with Gasteiger partial charge in [0.05, 0.1) is 20.8 Å². The molecule has 5 heteroatoms. The summed E-state index contributed by atoms with van der Waals surface area (Å²) < 4.78 is 0. The van der Waals surface area contributed by atoms with Gasteiger partial charge in [0.1, 0.15) is 0 Å². The molecule has 1 amide bonds. The van der Waals surface area contributed by atoms with Crippen LogP contribution in [0.4, 0.5) is 5.69 Å². The Labute approximate surface area is 90.8 Å². The normalized spacial score (nSPS) is 9.85. The molecule has 2 nitrogen and oxygen atoms in total. The minimum Gasteiger partial charge on any atom is -0.324 e. The summed E-state index contributed by atoms with van der Waals surface area (Å²) in [6.45, 7) is 1.37. The second-order valence-corrected chi connectivity index (χ2v) is 3.59. The first-order chi connectivity index (χ1) is 6.02. The van der Waals surface area contributed by atoms with E-state index in [-0.39, 0.29) is 10.9 Å². The number of nitrogens with one attached hydrogen (secondary N) is 1. The van der Waals surface area contributed by atoms with E-state index in [0.717, 1.165) is 0 Å². The zero-order valence-electron chi connectivity index (χ0n) is 6.70. The molecule has 0 aromatic heterocycles. The minimum atomic E-state index is -0.244. The first kappa shape index (κ1) is 10.6. The summed E-state index contributed by atoms with van der Waals surface area (Å²) >= 11 is 17.3. The molecule has 1 N–H and O–H groups in total. The Morgan fingerprint density at radius 3 is 2.31 bits per heavy atom. The Balaban J connectivity index is 3.17. The quantitative estimate of drug-likeness (QED) is 0.744. The van der Waals surface area contributed by atoms with Gasteiger partial charge in [-0.1, -0.05) is 34.8 Å². The molecular weight excluding hydrogens is 232 g/mol. The Morgan fingerprint density at radius 1 is 1.23 bits per heavy atom. The number of rotatable bonds is 1. The van der Waals surface area contributed by atoms with Gasteiger partial charge >= 0.3 is 0 Å². The maximum absolute atomic E-state index is 10.8. The lowest BCUT2D eigenvalue weighted by molar-refractivity contribution is -0.114. The van der Waals surface area contributed by atoms with Crippen molar-refractivity contribution in [3.8, 4) is 0 Å². The van der Waals surface area contributed by atoms with Crippen molar-refractivity contribution in [2.75, 3.05) is 5.32 Å². The second kappa shape index (κ2) is 4.18. The Hall–Kier alpha value is -0.440. The van der Waals surface area contributed by atoms with Crippen LogP contribution in [0.2, 0.25) is 15.1 Å². The molecule has 0 fully saturated rings. The standard InChI is InChI=1S/C8H6Cl3NO/c1-4(13)12-8-6(10)3-2-5(9)7(8)11/h2-3H,1H3,(H,12,13). The van der Waals surface area contributed by atoms with E-state index in [0.29, 0.717) is 15.7 Å². The zero-order valence-corrected chi connectivity index (χ0v) is 8.96. The number of amides is 1. The lowest BCUT2D eigenvalue weighted by atomic mass is 10.3. The third-order valence-electron chi connectivity index (χ3n) is 1.35. The molecule has 70 valence electrons. The van der Waals surface area contributed by atoms with E-state index in [4.69, 9.17) is 34.8 Å². The monoisotopic (exact) mass is 237 g/mol. The van der Waals surface area contributed by atoms with Crippen molar-refractivity contribution in [1.82, 2.24) is 0 Å². The summed E-state index contributed by atoms with van der Waals surface area (Å²) in [5.74, 6) is -0.244. The third kappa shape index (κ3) is 2.50. The minimum absolute atomic E-state index is 0.244. The Kier molecular flexibility index (Phi) is 3.42. The first-order valence-corrected chi connectivity index (χ1v) is 4.57. The van der Waals surface area contributed by atoms with Crippen molar-refractivity contribution >= 4 is 46.4 Å². The molecule has 1 aromatic carbocycles. The van der Waals surface area contributed by atoms with Gasteiger partial charge in [-0.15, -0.1) is 0 Å². The number of benzene rings is 1. The lowest BCUT2D eigenvalue weighted by Crippen LogP contribution is -2.06. The smallest absolute Gasteiger partial charge is 0.221 e. The summed E-state index contributed by atoms with van der Waals surface area (Å²) in [6.07, 6.45) is 0. The highest BCUT2D eigenvalue weighted by atomic mass is 35.5. The van der Waals surface area contributed by atoms with Crippen LogP contribution in [0.25, 0.3) is 0 Å². The van der Waals surface area contributed by atoms with Crippen LogP contribution in [0.3, 0.4) is 0 Å². The summed E-state index contributed by atoms with van der Waals surface area (Å²) in [7, 11) is 0. The van der Waals surface area contributed by atoms with E-state index in [1.807, 2.05) is 0 Å². The zero-order chi connectivity index (χ0) is 10.0. The van der Waals surface area contributed by atoms with Crippen LogP contribution >= 0.6 is 34.8 Å². The molecule has 0 atom stereocenters. The highest BCUT2D eigenvalue weighted by Crippen LogP contribution is 2.35. The van der Waals surface area contributed by atoms with Gasteiger partial charge in [0.2, 0.25) is 5.91 Å². The highest BCUT2D eigenvalue weighted by Gasteiger charge is 2.09. The van der Waals surface area contributed by atoms with Crippen molar-refractivity contribution in [3.05, 3.63) is 27.2 Å². The van der Waals surface area contributed by atoms with Crippen LogP contribution in [0.5, 0.6) is 0 Å². The number of carbonyl (C=O) groups excluding carboxylic acids is 1. The molecule has 0 radical (unpaired) electrons. The highest BCUT2D eigenvalue weighted by molar-refractivity contribution is 6.46. The van der Waals surface area contributed by atoms with Gasteiger partial charge in [-0.2, -0.15) is 0 Å². The number of hydrogen-bond donors (Lipinski definition) is 1. The fraction of sp³-hybridized carbons (Fsp3) is 0.125. The van der Waals surface area contributed by atoms with Crippen molar-refractivity contribution in [2.24, 2.45) is 0 Å². The Bertz CT molecular complexity index is 351. The summed E-state index contributed by atoms with van der Waals surface area (Å²) in [4.78, 5) is 10.8. The molecule has 0 saturated heterocycles. The van der Waals surface area contributed by atoms with Crippen LogP contribution in [0.1, 0.15) is 6.92 Å². The SMILES string of the molecule is CC(=O)Nc1c(Cl)ccc(Cl)c1Cl. The van der Waals surface area contributed by atoms with E-state index in [9.17, 15) is 4.79 Å². The molecule has 0 saturated carbocycles. The van der Waals surface area contributed by atoms with Crippen molar-refractivity contribution < 1.29 is 4.79 Å². The maximum atomic E-state index is 10.8. The van der Waals surface area contributed by atoms with Gasteiger partial charge in [0.25, 0.3) is 0 Å². The van der Waals surface area contributed by atoms with Gasteiger partial charge in [-0.25, -0.2) is 0 Å². The summed E-state index contributed by atoms with van der Waals surface area (Å²) in [6, 6.07) is 3.14. The number of hydrogen-bond acceptors (Lipinski definition) is 1. The van der Waals surface area contributed by atoms with E-state index in [1.165, 1.54) is 6.92 Å². The number of halogens is 3. The van der Waals surface area contributed by atoms with E-state index in [2.05, 4.69) is 5.32 Å². The molecule has 1 aromatic rings. The van der Waals surface area contributed by atoms with E-state index < -0.39 is 0 Å². The molecule has 0 aliphatic heterocycles. The van der Waals surface area contributed by atoms with Crippen LogP contribution in [0, 0.1) is 0 Å². The van der Waals surface area contributed by atoms with Gasteiger partial charge < -0.3 is 5.32 Å². The van der Waals surface area contributed by atoms with Gasteiger partial charge in [0.15, 0.2) is 0 Å². The van der Waals surface area contributed by atoms with Crippen LogP contribution in [0.15, 0.2) is 12.1 Å². The molecular formula is C8H6Cl3NO. The van der Waals surface area contributed by atoms with E-state index >= 15 is 0 Å². The molecule has 13 heavy (non-hydrogen) atoms. The van der Waals surface area contributed by atoms with Crippen LogP contribution in [-0.4, -0.2) is 5.91 Å². The second-order valence-electron chi connectivity index (χ2n) is 2.40. The van der Waals surface area contributed by atoms with E-state index in [1.54, 1.807) is 12.1 Å². The largest absolute Gasteiger partial charge is 0.324 e. The van der Waals surface area contributed by atoms with Gasteiger partial charge in [-0.05, 0) is 12.1 Å². The Morgan fingerprint density at radius 2 is 1.77 bits per heavy atom. The molecule has 0 heterocycles. The predicted molar refractivity (Wildman–Crippen MR) is 55.8 cm³/mol. The average Bonchev–Trinajstić information content (AvgIpc) is 2.05. The van der Waals surface area contributed by atoms with Gasteiger partial charge in [-0.3, -0.25) is 4.79 Å². The van der Waals surface area contributed by atoms with Gasteiger partial charge in [0, 0.05) is 6.92 Å². The van der Waals surface area contributed by atoms with Crippen molar-refractivity contribution in [2.45, 2.75) is 6.92 Å². The molecule has 0 spiro atoms. The van der Waals surface area contributed by atoms with Crippen LogP contribution < -0.4 is 5.32 Å². The number of carbonyl (C=O) groups is 1. The van der Waals surface area contributed by atoms with Crippen molar-refractivity contribution in [1.29, 1.82) is 0 Å². The summed E-state index contributed by atoms with van der Waals surface area (Å²) in [5.41, 5.74) is 0.350. The van der Waals surface area contributed by atoms with Crippen molar-refractivity contribution in [3.63, 3.8) is 0 Å². The third-order valence-corrected chi connectivity index (χ3v) is 2.46. The number of anilines is 1. The molecule has 0 bridgehead atoms. The fourth-order valence-electron chi connectivity index (χ4n) is 0.818. The molecule has 0 unspecified atom stereocenters. The predicted octanol–water partition coefficient (Wildman–Crippen LogP) is 3.61. The summed E-state index contributed by atoms with van der Waals surface area (Å²) in [5, 5.41) is 3.47. The van der Waals surface area contributed by atoms with Crippen LogP contribution in [-0.2, 0) is 4.79 Å². The first-order valence-electron chi connectivity index (χ1n) is 3.43. The molecule has 0 aliphatic rings. The topological polar surface area (TPSA) is 29.1 Å².